The van der Waals surface area contributed by atoms with Crippen molar-refractivity contribution in [1.29, 1.82) is 0 Å². The number of carbonyl (C=O) groups is 2. The molecule has 0 spiro atoms. The van der Waals surface area contributed by atoms with Gasteiger partial charge in [0.25, 0.3) is 5.91 Å². The third kappa shape index (κ3) is 9.64. The van der Waals surface area contributed by atoms with Crippen LogP contribution in [0.3, 0.4) is 0 Å². The molecular weight excluding hydrogens is 522 g/mol. The van der Waals surface area contributed by atoms with Gasteiger partial charge in [0.1, 0.15) is 0 Å². The number of benzene rings is 2. The number of piperidine rings is 1. The van der Waals surface area contributed by atoms with Crippen LogP contribution in [0.15, 0.2) is 48.5 Å². The summed E-state index contributed by atoms with van der Waals surface area (Å²) < 4.78 is 22.2. The van der Waals surface area contributed by atoms with Gasteiger partial charge in [-0.2, -0.15) is 0 Å². The molecule has 0 aliphatic carbocycles. The molecule has 2 amide bonds. The molecule has 1 aliphatic heterocycles. The molecular formula is C32H47N3O6. The highest BCUT2D eigenvalue weighted by atomic mass is 16.6. The topological polar surface area (TPSA) is 89.6 Å². The van der Waals surface area contributed by atoms with Gasteiger partial charge in [0.2, 0.25) is 0 Å². The molecule has 41 heavy (non-hydrogen) atoms. The van der Waals surface area contributed by atoms with Crippen molar-refractivity contribution < 1.29 is 28.5 Å². The molecule has 226 valence electrons. The number of amides is 2. The molecule has 1 saturated heterocycles. The second kappa shape index (κ2) is 16.8. The highest BCUT2D eigenvalue weighted by molar-refractivity contribution is 5.95. The molecule has 1 heterocycles. The fourth-order valence-electron chi connectivity index (χ4n) is 5.19. The molecule has 0 aromatic heterocycles. The summed E-state index contributed by atoms with van der Waals surface area (Å²) >= 11 is 0. The van der Waals surface area contributed by atoms with Crippen LogP contribution < -0.4 is 14.8 Å². The van der Waals surface area contributed by atoms with Crippen molar-refractivity contribution >= 4 is 12.0 Å². The smallest absolute Gasteiger partial charge is 0.409 e. The molecule has 9 nitrogen and oxygen atoms in total. The third-order valence-electron chi connectivity index (χ3n) is 7.36. The Morgan fingerprint density at radius 3 is 2.49 bits per heavy atom. The Morgan fingerprint density at radius 2 is 1.80 bits per heavy atom. The van der Waals surface area contributed by atoms with Gasteiger partial charge in [0, 0.05) is 69.9 Å². The molecule has 0 radical (unpaired) electrons. The minimum Gasteiger partial charge on any atom is -0.493 e. The highest BCUT2D eigenvalue weighted by Gasteiger charge is 2.33. The predicted octanol–water partition coefficient (Wildman–Crippen LogP) is 4.64. The van der Waals surface area contributed by atoms with Crippen LogP contribution >= 0.6 is 0 Å². The lowest BCUT2D eigenvalue weighted by Crippen LogP contribution is -2.54. The van der Waals surface area contributed by atoms with Crippen LogP contribution in [0.4, 0.5) is 4.79 Å². The fraction of sp³-hybridized carbons (Fsp3) is 0.562. The van der Waals surface area contributed by atoms with Gasteiger partial charge in [-0.3, -0.25) is 4.79 Å². The first-order valence-electron chi connectivity index (χ1n) is 14.7. The van der Waals surface area contributed by atoms with E-state index in [1.54, 1.807) is 37.3 Å². The number of ether oxygens (including phenoxy) is 4. The second-order valence-corrected chi connectivity index (χ2v) is 10.7. The van der Waals surface area contributed by atoms with E-state index in [-0.39, 0.29) is 30.0 Å². The molecule has 1 unspecified atom stereocenters. The molecule has 0 bridgehead atoms. The van der Waals surface area contributed by atoms with Crippen LogP contribution in [0.25, 0.3) is 0 Å². The Morgan fingerprint density at radius 1 is 1.02 bits per heavy atom. The molecule has 9 heteroatoms. The van der Waals surface area contributed by atoms with Crippen LogP contribution in [-0.2, 0) is 15.9 Å². The van der Waals surface area contributed by atoms with Gasteiger partial charge in [-0.15, -0.1) is 0 Å². The summed E-state index contributed by atoms with van der Waals surface area (Å²) in [6.07, 6.45) is 1.97. The molecule has 2 aromatic carbocycles. The maximum atomic E-state index is 13.8. The summed E-state index contributed by atoms with van der Waals surface area (Å²) in [6, 6.07) is 15.4. The summed E-state index contributed by atoms with van der Waals surface area (Å²) in [6.45, 7) is 10.0. The molecule has 1 fully saturated rings. The van der Waals surface area contributed by atoms with Crippen molar-refractivity contribution in [3.8, 4) is 11.5 Å². The van der Waals surface area contributed by atoms with Crippen LogP contribution in [0.2, 0.25) is 0 Å². The summed E-state index contributed by atoms with van der Waals surface area (Å²) in [7, 11) is 3.24. The van der Waals surface area contributed by atoms with E-state index < -0.39 is 0 Å². The quantitative estimate of drug-likeness (QED) is 0.313. The number of carbonyl (C=O) groups excluding carboxylic acids is 2. The molecule has 1 aliphatic rings. The molecule has 1 N–H and O–H groups in total. The van der Waals surface area contributed by atoms with Gasteiger partial charge in [-0.1, -0.05) is 30.3 Å². The van der Waals surface area contributed by atoms with Crippen LogP contribution in [-0.4, -0.2) is 94.1 Å². The largest absolute Gasteiger partial charge is 0.493 e. The second-order valence-electron chi connectivity index (χ2n) is 10.7. The maximum Gasteiger partial charge on any atom is 0.409 e. The summed E-state index contributed by atoms with van der Waals surface area (Å²) in [5.74, 6) is 1.17. The minimum atomic E-state index is -0.293. The maximum absolute atomic E-state index is 13.8. The number of likely N-dealkylation sites (N-methyl/N-ethyl adjacent to an activating group) is 1. The van der Waals surface area contributed by atoms with Gasteiger partial charge in [-0.25, -0.2) is 4.79 Å². The average molecular weight is 570 g/mol. The lowest BCUT2D eigenvalue weighted by Gasteiger charge is -2.40. The number of methoxy groups -OCH3 is 2. The van der Waals surface area contributed by atoms with Gasteiger partial charge < -0.3 is 34.1 Å². The van der Waals surface area contributed by atoms with Gasteiger partial charge in [0.05, 0.1) is 20.3 Å². The number of nitrogens with one attached hydrogen (secondary N) is 1. The Kier molecular flexibility index (Phi) is 13.2. The normalized spacial score (nSPS) is 16.7. The van der Waals surface area contributed by atoms with Crippen molar-refractivity contribution in [2.45, 2.75) is 52.1 Å². The number of hydrogen-bond donors (Lipinski definition) is 1. The van der Waals surface area contributed by atoms with E-state index in [0.717, 1.165) is 25.8 Å². The van der Waals surface area contributed by atoms with Crippen molar-refractivity contribution in [3.05, 3.63) is 59.7 Å². The monoisotopic (exact) mass is 569 g/mol. The molecule has 0 saturated carbocycles. The molecule has 2 aromatic rings. The van der Waals surface area contributed by atoms with Crippen LogP contribution in [0.5, 0.6) is 11.5 Å². The first kappa shape index (κ1) is 32.2. The zero-order chi connectivity index (χ0) is 29.6. The highest BCUT2D eigenvalue weighted by Crippen LogP contribution is 2.30. The van der Waals surface area contributed by atoms with E-state index in [1.807, 2.05) is 43.9 Å². The lowest BCUT2D eigenvalue weighted by atomic mass is 9.94. The number of hydrogen-bond acceptors (Lipinski definition) is 7. The van der Waals surface area contributed by atoms with E-state index in [9.17, 15) is 9.59 Å². The third-order valence-corrected chi connectivity index (χ3v) is 7.36. The van der Waals surface area contributed by atoms with Crippen molar-refractivity contribution in [2.75, 3.05) is 60.2 Å². The molecule has 2 atom stereocenters. The van der Waals surface area contributed by atoms with E-state index >= 15 is 0 Å². The zero-order valence-electron chi connectivity index (χ0n) is 25.3. The van der Waals surface area contributed by atoms with Crippen LogP contribution in [0.1, 0.15) is 49.5 Å². The van der Waals surface area contributed by atoms with E-state index in [4.69, 9.17) is 18.9 Å². The molecule has 3 rings (SSSR count). The Labute approximate surface area is 245 Å². The summed E-state index contributed by atoms with van der Waals surface area (Å²) in [5.41, 5.74) is 1.74. The Balaban J connectivity index is 1.60. The lowest BCUT2D eigenvalue weighted by molar-refractivity contribution is 0.0442. The zero-order valence-corrected chi connectivity index (χ0v) is 25.3. The Bertz CT molecular complexity index is 1080. The standard InChI is InChI=1S/C32H47N3O6/c1-6-34(16-15-25-11-8-7-9-12-25)32(37)41-23-26-19-28(22-33-21-26)35(24(2)3)31(36)27-13-14-29(39-5)30(20-27)40-18-10-17-38-4/h7-9,11-14,20,24,26,28,33H,6,10,15-19,21-23H2,1-5H3/t26-,28?/m0/s1. The number of nitrogens with zero attached hydrogens (tertiary/aromatic N) is 2. The minimum absolute atomic E-state index is 0.0163. The first-order valence-corrected chi connectivity index (χ1v) is 14.7. The number of rotatable bonds is 15. The Hall–Kier alpha value is -3.30. The van der Waals surface area contributed by atoms with Crippen LogP contribution in [0, 0.1) is 5.92 Å². The summed E-state index contributed by atoms with van der Waals surface area (Å²) in [4.78, 5) is 30.3. The summed E-state index contributed by atoms with van der Waals surface area (Å²) in [5, 5.41) is 3.45. The fourth-order valence-corrected chi connectivity index (χ4v) is 5.19. The van der Waals surface area contributed by atoms with Gasteiger partial charge in [-0.05, 0) is 57.4 Å². The average Bonchev–Trinajstić information content (AvgIpc) is 2.99. The van der Waals surface area contributed by atoms with Crippen molar-refractivity contribution in [3.63, 3.8) is 0 Å². The van der Waals surface area contributed by atoms with Crippen molar-refractivity contribution in [2.24, 2.45) is 5.92 Å². The predicted molar refractivity (Wildman–Crippen MR) is 160 cm³/mol. The van der Waals surface area contributed by atoms with Crippen molar-refractivity contribution in [1.82, 2.24) is 15.1 Å². The van der Waals surface area contributed by atoms with E-state index in [1.165, 1.54) is 5.56 Å². The van der Waals surface area contributed by atoms with E-state index in [0.29, 0.717) is 56.5 Å². The van der Waals surface area contributed by atoms with E-state index in [2.05, 4.69) is 17.4 Å². The van der Waals surface area contributed by atoms with Gasteiger partial charge in [0.15, 0.2) is 11.5 Å². The van der Waals surface area contributed by atoms with Gasteiger partial charge >= 0.3 is 6.09 Å². The first-order chi connectivity index (χ1) is 19.9. The SMILES string of the molecule is CCN(CCc1ccccc1)C(=O)OC[C@@H]1CNCC(N(C(=O)c2ccc(OC)c(OCCCOC)c2)C(C)C)C1.